The lowest BCUT2D eigenvalue weighted by molar-refractivity contribution is -0.894. The Morgan fingerprint density at radius 1 is 1.27 bits per heavy atom. The van der Waals surface area contributed by atoms with E-state index in [1.165, 1.54) is 19.6 Å². The Morgan fingerprint density at radius 2 is 1.73 bits per heavy atom. The van der Waals surface area contributed by atoms with E-state index in [0.29, 0.717) is 17.5 Å². The molecule has 5 heteroatoms. The van der Waals surface area contributed by atoms with Crippen molar-refractivity contribution < 1.29 is 9.64 Å². The van der Waals surface area contributed by atoms with E-state index in [9.17, 15) is 0 Å². The monoisotopic (exact) mass is 252 g/mol. The first kappa shape index (κ1) is 17.4. The van der Waals surface area contributed by atoms with Gasteiger partial charge in [-0.1, -0.05) is 4.32 Å². The van der Waals surface area contributed by atoms with Crippen molar-refractivity contribution in [1.29, 1.82) is 0 Å². The molecule has 0 aliphatic heterocycles. The van der Waals surface area contributed by atoms with Crippen LogP contribution in [0.2, 0.25) is 0 Å². The second-order valence-corrected chi connectivity index (χ2v) is 4.09. The number of quaternary nitrogens is 1. The first-order valence-corrected chi connectivity index (χ1v) is 6.21. The molecular formula is C10H24N2OS2. The zero-order valence-electron chi connectivity index (χ0n) is 10.3. The van der Waals surface area contributed by atoms with Crippen LogP contribution >= 0.6 is 12.2 Å². The van der Waals surface area contributed by atoms with Gasteiger partial charge in [0.15, 0.2) is 0 Å². The Balaban J connectivity index is 0. The van der Waals surface area contributed by atoms with Crippen molar-refractivity contribution in [2.24, 2.45) is 0 Å². The van der Waals surface area contributed by atoms with Gasteiger partial charge >= 0.3 is 0 Å². The fourth-order valence-electron chi connectivity index (χ4n) is 1.01. The summed E-state index contributed by atoms with van der Waals surface area (Å²) in [6.07, 6.45) is 0. The van der Waals surface area contributed by atoms with Crippen molar-refractivity contribution in [3.8, 4) is 0 Å². The van der Waals surface area contributed by atoms with Gasteiger partial charge in [-0.25, -0.2) is 0 Å². The summed E-state index contributed by atoms with van der Waals surface area (Å²) < 4.78 is 5.13. The van der Waals surface area contributed by atoms with E-state index in [2.05, 4.69) is 50.9 Å². The predicted molar refractivity (Wildman–Crippen MR) is 72.4 cm³/mol. The van der Waals surface area contributed by atoms with Crippen LogP contribution in [0.25, 0.3) is 0 Å². The van der Waals surface area contributed by atoms with E-state index < -0.39 is 0 Å². The van der Waals surface area contributed by atoms with Gasteiger partial charge in [-0.2, -0.15) is 0 Å². The summed E-state index contributed by atoms with van der Waals surface area (Å²) in [5, 5.41) is 2.77. The summed E-state index contributed by atoms with van der Waals surface area (Å²) in [7, 11) is 1.63. The second-order valence-electron chi connectivity index (χ2n) is 3.02. The van der Waals surface area contributed by atoms with E-state index in [-0.39, 0.29) is 0 Å². The maximum atomic E-state index is 4.72. The van der Waals surface area contributed by atoms with Crippen LogP contribution in [0.15, 0.2) is 0 Å². The maximum Gasteiger partial charge on any atom is 0.0742 e. The Bertz CT molecular complexity index is 136. The second kappa shape index (κ2) is 14.0. The van der Waals surface area contributed by atoms with Crippen LogP contribution in [0.5, 0.6) is 0 Å². The molecule has 0 bridgehead atoms. The maximum absolute atomic E-state index is 4.72. The molecule has 0 aromatic rings. The van der Waals surface area contributed by atoms with Crippen molar-refractivity contribution in [3.63, 3.8) is 0 Å². The number of rotatable bonds is 6. The molecule has 0 heterocycles. The van der Waals surface area contributed by atoms with Crippen LogP contribution in [-0.4, -0.2) is 44.2 Å². The molecule has 0 aromatic heterocycles. The van der Waals surface area contributed by atoms with Gasteiger partial charge in [-0.05, 0) is 20.8 Å². The van der Waals surface area contributed by atoms with Gasteiger partial charge in [0.05, 0.1) is 26.2 Å². The summed E-state index contributed by atoms with van der Waals surface area (Å²) in [6, 6.07) is 0. The van der Waals surface area contributed by atoms with Gasteiger partial charge < -0.3 is 39.8 Å². The fourth-order valence-corrected chi connectivity index (χ4v) is 1.21. The predicted octanol–water partition coefficient (Wildman–Crippen LogP) is -0.0148. The number of methoxy groups -OCH3 is 1. The third-order valence-electron chi connectivity index (χ3n) is 2.08. The number of ether oxygens (including phenoxy) is 1. The topological polar surface area (TPSA) is 25.7 Å². The summed E-state index contributed by atoms with van der Waals surface area (Å²) in [5.74, 6) is 0. The molecule has 15 heavy (non-hydrogen) atoms. The molecule has 3 nitrogen and oxygen atoms in total. The Morgan fingerprint density at radius 3 is 1.93 bits per heavy atom. The zero-order chi connectivity index (χ0) is 12.1. The lowest BCUT2D eigenvalue weighted by Gasteiger charge is -2.10. The molecule has 0 saturated heterocycles. The van der Waals surface area contributed by atoms with Gasteiger partial charge in [0.1, 0.15) is 0 Å². The molecule has 0 spiro atoms. The summed E-state index contributed by atoms with van der Waals surface area (Å²) in [4.78, 5) is 1.68. The van der Waals surface area contributed by atoms with E-state index in [0.717, 1.165) is 0 Å². The first-order valence-electron chi connectivity index (χ1n) is 5.39. The van der Waals surface area contributed by atoms with E-state index in [4.69, 9.17) is 4.74 Å². The molecule has 0 aliphatic rings. The minimum atomic E-state index is 0.405. The highest BCUT2D eigenvalue weighted by Gasteiger charge is 1.92. The summed E-state index contributed by atoms with van der Waals surface area (Å²) in [5.41, 5.74) is 0. The smallest absolute Gasteiger partial charge is 0.0742 e. The lowest BCUT2D eigenvalue weighted by Crippen LogP contribution is -3.11. The van der Waals surface area contributed by atoms with Crippen LogP contribution < -0.4 is 10.2 Å². The number of thiocarbonyl (C=S) groups is 1. The van der Waals surface area contributed by atoms with Crippen LogP contribution in [0.1, 0.15) is 20.8 Å². The molecular weight excluding hydrogens is 228 g/mol. The standard InChI is InChI=1S/C6H15N.C4H9NOS2/c1-4-7(5-2)6-3;1-6-3-2-5-4(7)8/h4-6H2,1-3H3;2-3H2,1H3,(H2,5,7,8). The quantitative estimate of drug-likeness (QED) is 0.395. The van der Waals surface area contributed by atoms with Gasteiger partial charge in [0.2, 0.25) is 0 Å². The third-order valence-corrected chi connectivity index (χ3v) is 2.36. The molecule has 0 aliphatic carbocycles. The Hall–Kier alpha value is 0.0300. The van der Waals surface area contributed by atoms with E-state index in [1.54, 1.807) is 12.0 Å². The van der Waals surface area contributed by atoms with E-state index in [1.807, 2.05) is 0 Å². The van der Waals surface area contributed by atoms with Crippen molar-refractivity contribution in [3.05, 3.63) is 0 Å². The van der Waals surface area contributed by atoms with Gasteiger partial charge in [-0.3, -0.25) is 0 Å². The number of nitrogens with one attached hydrogen (secondary N) is 2. The Labute approximate surface area is 105 Å². The summed E-state index contributed by atoms with van der Waals surface area (Å²) in [6.45, 7) is 11.8. The van der Waals surface area contributed by atoms with E-state index >= 15 is 0 Å². The molecule has 0 aromatic carbocycles. The van der Waals surface area contributed by atoms with Crippen molar-refractivity contribution in [1.82, 2.24) is 5.32 Å². The SMILES string of the molecule is CC[NH+](CC)CC.COCCNC(=S)[S-]. The lowest BCUT2D eigenvalue weighted by atomic mass is 10.5. The molecule has 92 valence electrons. The molecule has 0 saturated carbocycles. The van der Waals surface area contributed by atoms with Gasteiger partial charge in [-0.15, -0.1) is 0 Å². The number of hydrogen-bond donors (Lipinski definition) is 2. The summed E-state index contributed by atoms with van der Waals surface area (Å²) >= 11 is 9.11. The first-order chi connectivity index (χ1) is 7.12. The highest BCUT2D eigenvalue weighted by atomic mass is 32.1. The fraction of sp³-hybridized carbons (Fsp3) is 0.900. The molecule has 0 rings (SSSR count). The largest absolute Gasteiger partial charge is 0.412 e. The molecule has 0 fully saturated rings. The highest BCUT2D eigenvalue weighted by Crippen LogP contribution is 1.66. The average molecular weight is 252 g/mol. The minimum Gasteiger partial charge on any atom is -0.412 e. The normalized spacial score (nSPS) is 9.40. The average Bonchev–Trinajstić information content (AvgIpc) is 2.21. The minimum absolute atomic E-state index is 0.405. The van der Waals surface area contributed by atoms with Crippen LogP contribution in [0, 0.1) is 0 Å². The molecule has 0 amide bonds. The molecule has 0 unspecified atom stereocenters. The Kier molecular flexibility index (Phi) is 16.3. The highest BCUT2D eigenvalue weighted by molar-refractivity contribution is 8.00. The van der Waals surface area contributed by atoms with Gasteiger partial charge in [0, 0.05) is 13.7 Å². The van der Waals surface area contributed by atoms with Crippen LogP contribution in [0.4, 0.5) is 0 Å². The van der Waals surface area contributed by atoms with Crippen LogP contribution in [-0.2, 0) is 17.4 Å². The molecule has 2 N–H and O–H groups in total. The van der Waals surface area contributed by atoms with Gasteiger partial charge in [0.25, 0.3) is 0 Å². The van der Waals surface area contributed by atoms with Crippen molar-refractivity contribution in [2.45, 2.75) is 20.8 Å². The third kappa shape index (κ3) is 16.7. The molecule has 0 radical (unpaired) electrons. The van der Waals surface area contributed by atoms with Crippen molar-refractivity contribution in [2.75, 3.05) is 39.9 Å². The number of hydrogen-bond acceptors (Lipinski definition) is 3. The van der Waals surface area contributed by atoms with Crippen LogP contribution in [0.3, 0.4) is 0 Å². The zero-order valence-corrected chi connectivity index (χ0v) is 11.9. The molecule has 0 atom stereocenters. The van der Waals surface area contributed by atoms with Crippen molar-refractivity contribution >= 4 is 29.2 Å².